The summed E-state index contributed by atoms with van der Waals surface area (Å²) in [6.07, 6.45) is 0. The van der Waals surface area contributed by atoms with E-state index >= 15 is 0 Å². The van der Waals surface area contributed by atoms with Crippen molar-refractivity contribution in [3.8, 4) is 86.5 Å². The Morgan fingerprint density at radius 1 is 0.333 bits per heavy atom. The molecule has 7 aromatic carbocycles. The maximum Gasteiger partial charge on any atom is 0.225 e. The van der Waals surface area contributed by atoms with Crippen LogP contribution in [0.25, 0.3) is 98.4 Å². The predicted molar refractivity (Wildman–Crippen MR) is 228 cm³/mol. The van der Waals surface area contributed by atoms with Gasteiger partial charge in [-0.25, -0.2) is 15.0 Å². The predicted octanol–water partition coefficient (Wildman–Crippen LogP) is 9.77. The van der Waals surface area contributed by atoms with E-state index in [0.717, 1.165) is 49.0 Å². The molecule has 0 amide bonds. The average molecular weight is 787 g/mol. The lowest BCUT2D eigenvalue weighted by Gasteiger charge is -2.28. The fourth-order valence-electron chi connectivity index (χ4n) is 9.04. The van der Waals surface area contributed by atoms with Crippen molar-refractivity contribution in [1.29, 1.82) is 15.8 Å². The van der Waals surface area contributed by atoms with Gasteiger partial charge in [0.1, 0.15) is 17.2 Å². The van der Waals surface area contributed by atoms with Crippen LogP contribution in [0.3, 0.4) is 0 Å². The molecule has 0 bridgehead atoms. The normalized spacial score (nSPS) is 11.4. The number of benzene rings is 7. The molecule has 0 aliphatic heterocycles. The van der Waals surface area contributed by atoms with Gasteiger partial charge in [0, 0.05) is 32.3 Å². The Balaban J connectivity index is 1.59. The molecule has 288 valence electrons. The van der Waals surface area contributed by atoms with Crippen molar-refractivity contribution in [3.63, 3.8) is 0 Å². The summed E-state index contributed by atoms with van der Waals surface area (Å²) in [5.41, 5.74) is 7.26. The molecule has 0 unspecified atom stereocenters. The van der Waals surface area contributed by atoms with Gasteiger partial charge < -0.3 is 28.4 Å². The largest absolute Gasteiger partial charge is 0.495 e. The number of hydrogen-bond acceptors (Lipinski definition) is 12. The Bertz CT molecular complexity index is 3110. The summed E-state index contributed by atoms with van der Waals surface area (Å²) in [4.78, 5) is 16.0. The third kappa shape index (κ3) is 4.60. The summed E-state index contributed by atoms with van der Waals surface area (Å²) in [5.74, 6) is 2.21. The minimum absolute atomic E-state index is 0.285. The molecule has 60 heavy (non-hydrogen) atoms. The molecule has 12 heteroatoms. The second-order valence-corrected chi connectivity index (χ2v) is 14.1. The zero-order chi connectivity index (χ0) is 41.6. The molecular formula is C48H30N6O6. The van der Waals surface area contributed by atoms with Gasteiger partial charge in [-0.05, 0) is 53.1 Å². The Morgan fingerprint density at radius 2 is 0.583 bits per heavy atom. The molecule has 0 fully saturated rings. The van der Waals surface area contributed by atoms with E-state index in [4.69, 9.17) is 43.4 Å². The molecule has 0 radical (unpaired) electrons. The Kier molecular flexibility index (Phi) is 8.00. The fourth-order valence-corrected chi connectivity index (χ4v) is 9.04. The molecule has 0 N–H and O–H groups in total. The van der Waals surface area contributed by atoms with Gasteiger partial charge in [-0.15, -0.1) is 0 Å². The van der Waals surface area contributed by atoms with Crippen LogP contribution in [0.5, 0.6) is 34.9 Å². The quantitative estimate of drug-likeness (QED) is 0.101. The number of ether oxygens (including phenoxy) is 6. The minimum Gasteiger partial charge on any atom is -0.495 e. The topological polar surface area (TPSA) is 165 Å². The lowest BCUT2D eigenvalue weighted by Crippen LogP contribution is -2.07. The number of rotatable bonds is 9. The van der Waals surface area contributed by atoms with Crippen molar-refractivity contribution in [1.82, 2.24) is 15.0 Å². The molecule has 0 saturated carbocycles. The number of nitrogens with zero attached hydrogens (tertiary/aromatic N) is 6. The summed E-state index contributed by atoms with van der Waals surface area (Å²) in [7, 11) is 9.49. The minimum atomic E-state index is 0.285. The number of hydrogen-bond donors (Lipinski definition) is 0. The summed E-state index contributed by atoms with van der Waals surface area (Å²) in [5, 5.41) is 35.4. The molecule has 3 heterocycles. The molecule has 0 saturated heterocycles. The first-order valence-corrected chi connectivity index (χ1v) is 18.7. The Labute approximate surface area is 341 Å². The van der Waals surface area contributed by atoms with Crippen molar-refractivity contribution < 1.29 is 28.4 Å². The fraction of sp³-hybridized carbons (Fsp3) is 0.125. The lowest BCUT2D eigenvalue weighted by atomic mass is 9.80. The van der Waals surface area contributed by atoms with Crippen LogP contribution in [0.1, 0.15) is 16.7 Å². The number of pyridine rings is 3. The average Bonchev–Trinajstić information content (AvgIpc) is 3.31. The molecule has 0 atom stereocenters. The lowest BCUT2D eigenvalue weighted by molar-refractivity contribution is 0.394. The zero-order valence-electron chi connectivity index (χ0n) is 33.1. The zero-order valence-corrected chi connectivity index (χ0v) is 33.1. The van der Waals surface area contributed by atoms with E-state index in [2.05, 4.69) is 18.2 Å². The van der Waals surface area contributed by atoms with Gasteiger partial charge in [0.25, 0.3) is 0 Å². The standard InChI is InChI=1S/C48H30N6O6/c1-55-43-28(25-13-7-22(19-49)8-14-25)40-34-31-35-33-36-32(34)38(47(52-40)59-5)45(57-3)30(27-17-11-24(21-51)12-18-27)42(36)54-48(60-6)39(33)44(56-2)29(26-15-9-23(20-50)10-16-26)41(35)53-46(58-4)37(31)43/h7-18H,1-6H3. The molecule has 12 nitrogen and oxygen atoms in total. The van der Waals surface area contributed by atoms with Crippen LogP contribution >= 0.6 is 0 Å². The van der Waals surface area contributed by atoms with E-state index in [0.29, 0.717) is 83.3 Å². The van der Waals surface area contributed by atoms with Crippen LogP contribution in [-0.4, -0.2) is 57.6 Å². The highest BCUT2D eigenvalue weighted by Gasteiger charge is 2.37. The Hall–Kier alpha value is -8.40. The molecule has 0 aliphatic rings. The molecule has 10 aromatic rings. The van der Waals surface area contributed by atoms with E-state index in [-0.39, 0.29) is 17.6 Å². The van der Waals surface area contributed by atoms with Crippen LogP contribution in [0.2, 0.25) is 0 Å². The van der Waals surface area contributed by atoms with Gasteiger partial charge in [-0.2, -0.15) is 15.8 Å². The van der Waals surface area contributed by atoms with Crippen molar-refractivity contribution in [2.75, 3.05) is 42.7 Å². The van der Waals surface area contributed by atoms with Crippen LogP contribution in [0.15, 0.2) is 72.8 Å². The van der Waals surface area contributed by atoms with Gasteiger partial charge in [-0.3, -0.25) is 0 Å². The first kappa shape index (κ1) is 36.0. The third-order valence-electron chi connectivity index (χ3n) is 11.4. The summed E-state index contributed by atoms with van der Waals surface area (Å²) < 4.78 is 37.8. The summed E-state index contributed by atoms with van der Waals surface area (Å²) >= 11 is 0. The van der Waals surface area contributed by atoms with Gasteiger partial charge in [0.05, 0.1) is 127 Å². The van der Waals surface area contributed by atoms with E-state index in [1.54, 1.807) is 79.1 Å². The van der Waals surface area contributed by atoms with Crippen LogP contribution < -0.4 is 28.4 Å². The molecule has 10 rings (SSSR count). The van der Waals surface area contributed by atoms with Gasteiger partial charge in [0.15, 0.2) is 0 Å². The number of aromatic nitrogens is 3. The van der Waals surface area contributed by atoms with Crippen LogP contribution in [-0.2, 0) is 0 Å². The van der Waals surface area contributed by atoms with E-state index in [9.17, 15) is 15.8 Å². The maximum absolute atomic E-state index is 9.72. The number of nitriles is 3. The molecule has 3 aromatic heterocycles. The van der Waals surface area contributed by atoms with Crippen molar-refractivity contribution in [2.45, 2.75) is 0 Å². The third-order valence-corrected chi connectivity index (χ3v) is 11.4. The van der Waals surface area contributed by atoms with Gasteiger partial charge in [-0.1, -0.05) is 36.4 Å². The highest BCUT2D eigenvalue weighted by Crippen LogP contribution is 2.62. The van der Waals surface area contributed by atoms with Crippen molar-refractivity contribution in [2.24, 2.45) is 0 Å². The second kappa shape index (κ2) is 13.3. The van der Waals surface area contributed by atoms with Gasteiger partial charge >= 0.3 is 0 Å². The molecule has 0 aliphatic carbocycles. The first-order chi connectivity index (χ1) is 29.4. The van der Waals surface area contributed by atoms with Crippen LogP contribution in [0.4, 0.5) is 0 Å². The van der Waals surface area contributed by atoms with E-state index < -0.39 is 0 Å². The van der Waals surface area contributed by atoms with Gasteiger partial charge in [0.2, 0.25) is 17.6 Å². The van der Waals surface area contributed by atoms with Crippen molar-refractivity contribution in [3.05, 3.63) is 89.5 Å². The van der Waals surface area contributed by atoms with E-state index in [1.807, 2.05) is 36.4 Å². The summed E-state index contributed by atoms with van der Waals surface area (Å²) in [6, 6.07) is 28.3. The molecule has 0 spiro atoms. The highest BCUT2D eigenvalue weighted by molar-refractivity contribution is 6.49. The molecular weight excluding hydrogens is 757 g/mol. The van der Waals surface area contributed by atoms with Crippen LogP contribution in [0, 0.1) is 34.0 Å². The maximum atomic E-state index is 9.72. The second-order valence-electron chi connectivity index (χ2n) is 14.1. The van der Waals surface area contributed by atoms with Crippen molar-refractivity contribution >= 4 is 65.0 Å². The first-order valence-electron chi connectivity index (χ1n) is 18.7. The number of methoxy groups -OCH3 is 6. The SMILES string of the molecule is COc1nc2c(-c3ccc(C#N)cc3)c(OC)c3c(OC)nc4c(-c5ccc(C#N)cc5)c(OC)c5c(OC)nc6c(-c7ccc(C#N)cc7)c(OC)c1c1c6c5c4c3c21. The summed E-state index contributed by atoms with van der Waals surface area (Å²) in [6.45, 7) is 0. The Morgan fingerprint density at radius 3 is 0.783 bits per heavy atom. The monoisotopic (exact) mass is 786 g/mol. The van der Waals surface area contributed by atoms with E-state index in [1.165, 1.54) is 0 Å². The highest BCUT2D eigenvalue weighted by atomic mass is 16.5. The smallest absolute Gasteiger partial charge is 0.225 e.